The minimum Gasteiger partial charge on any atom is -0.481 e. The molecule has 21 heavy (non-hydrogen) atoms. The maximum atomic E-state index is 12.2. The van der Waals surface area contributed by atoms with Gasteiger partial charge in [0.1, 0.15) is 0 Å². The van der Waals surface area contributed by atoms with Gasteiger partial charge in [-0.2, -0.15) is 0 Å². The number of aliphatic carboxylic acids is 1. The van der Waals surface area contributed by atoms with E-state index in [4.69, 9.17) is 16.7 Å². The van der Waals surface area contributed by atoms with E-state index in [1.807, 2.05) is 17.0 Å². The second kappa shape index (κ2) is 5.61. The molecule has 1 aliphatic carbocycles. The van der Waals surface area contributed by atoms with E-state index in [0.29, 0.717) is 19.5 Å². The number of piperidine rings is 1. The van der Waals surface area contributed by atoms with Crippen molar-refractivity contribution in [1.82, 2.24) is 4.90 Å². The zero-order valence-corrected chi connectivity index (χ0v) is 13.3. The maximum Gasteiger partial charge on any atom is 0.307 e. The summed E-state index contributed by atoms with van der Waals surface area (Å²) in [7, 11) is 0. The van der Waals surface area contributed by atoms with Crippen LogP contribution in [0.15, 0.2) is 12.1 Å². The molecule has 4 nitrogen and oxygen atoms in total. The first-order valence-corrected chi connectivity index (χ1v) is 8.44. The Kier molecular flexibility index (Phi) is 3.97. The first kappa shape index (κ1) is 14.9. The standard InChI is InChI=1S/C15H18ClNO3S/c16-12-3-1-10(21-12)2-4-13(18)17-7-5-15(6-8-17)9-11(15)14(19)20/h1,3,11H,2,4-9H2,(H,19,20). The molecule has 6 heteroatoms. The smallest absolute Gasteiger partial charge is 0.307 e. The van der Waals surface area contributed by atoms with E-state index >= 15 is 0 Å². The molecule has 0 radical (unpaired) electrons. The zero-order valence-electron chi connectivity index (χ0n) is 11.7. The summed E-state index contributed by atoms with van der Waals surface area (Å²) in [5.74, 6) is -0.686. The molecule has 2 fully saturated rings. The van der Waals surface area contributed by atoms with E-state index in [9.17, 15) is 9.59 Å². The Bertz CT molecular complexity index is 563. The molecule has 0 aromatic carbocycles. The number of likely N-dealkylation sites (tertiary alicyclic amines) is 1. The second-order valence-corrected chi connectivity index (χ2v) is 7.84. The fraction of sp³-hybridized carbons (Fsp3) is 0.600. The second-order valence-electron chi connectivity index (χ2n) is 6.04. The lowest BCUT2D eigenvalue weighted by Gasteiger charge is -2.32. The van der Waals surface area contributed by atoms with Crippen LogP contribution in [0.3, 0.4) is 0 Å². The lowest BCUT2D eigenvalue weighted by Crippen LogP contribution is -2.40. The van der Waals surface area contributed by atoms with Crippen molar-refractivity contribution in [3.63, 3.8) is 0 Å². The average Bonchev–Trinajstić information content (AvgIpc) is 3.00. The molecule has 3 rings (SSSR count). The molecule has 2 aliphatic rings. The molecular weight excluding hydrogens is 310 g/mol. The number of aryl methyl sites for hydroxylation is 1. The SMILES string of the molecule is O=C(O)C1CC12CCN(C(=O)CCc1ccc(Cl)s1)CC2. The fourth-order valence-electron chi connectivity index (χ4n) is 3.33. The Balaban J connectivity index is 1.46. The molecule has 1 aromatic heterocycles. The van der Waals surface area contributed by atoms with E-state index in [1.54, 1.807) is 0 Å². The Morgan fingerprint density at radius 3 is 2.62 bits per heavy atom. The van der Waals surface area contributed by atoms with Crippen LogP contribution in [0.5, 0.6) is 0 Å². The van der Waals surface area contributed by atoms with Crippen LogP contribution in [0.4, 0.5) is 0 Å². The molecule has 2 heterocycles. The Labute approximate surface area is 132 Å². The summed E-state index contributed by atoms with van der Waals surface area (Å²) in [4.78, 5) is 26.2. The van der Waals surface area contributed by atoms with Gasteiger partial charge in [-0.1, -0.05) is 11.6 Å². The maximum absolute atomic E-state index is 12.2. The van der Waals surface area contributed by atoms with Crippen LogP contribution in [-0.2, 0) is 16.0 Å². The van der Waals surface area contributed by atoms with E-state index in [-0.39, 0.29) is 17.2 Å². The van der Waals surface area contributed by atoms with E-state index in [1.165, 1.54) is 11.3 Å². The van der Waals surface area contributed by atoms with E-state index in [2.05, 4.69) is 0 Å². The van der Waals surface area contributed by atoms with Crippen LogP contribution in [0, 0.1) is 11.3 Å². The molecule has 1 aromatic rings. The molecule has 1 atom stereocenters. The van der Waals surface area contributed by atoms with Crippen LogP contribution in [0.25, 0.3) is 0 Å². The highest BCUT2D eigenvalue weighted by molar-refractivity contribution is 7.16. The third-order valence-electron chi connectivity index (χ3n) is 4.81. The fourth-order valence-corrected chi connectivity index (χ4v) is 4.41. The first-order valence-electron chi connectivity index (χ1n) is 7.25. The van der Waals surface area contributed by atoms with Gasteiger partial charge in [0.2, 0.25) is 5.91 Å². The van der Waals surface area contributed by atoms with Gasteiger partial charge in [-0.25, -0.2) is 0 Å². The number of hydrogen-bond donors (Lipinski definition) is 1. The minimum absolute atomic E-state index is 0.0100. The van der Waals surface area contributed by atoms with Crippen LogP contribution in [0.1, 0.15) is 30.6 Å². The van der Waals surface area contributed by atoms with Crippen molar-refractivity contribution in [2.45, 2.75) is 32.1 Å². The molecule has 1 aliphatic heterocycles. The van der Waals surface area contributed by atoms with Crippen molar-refractivity contribution in [3.05, 3.63) is 21.3 Å². The van der Waals surface area contributed by atoms with Crippen molar-refractivity contribution < 1.29 is 14.7 Å². The summed E-state index contributed by atoms with van der Waals surface area (Å²) < 4.78 is 0.755. The number of carboxylic acid groups (broad SMARTS) is 1. The van der Waals surface area contributed by atoms with Crippen molar-refractivity contribution in [1.29, 1.82) is 0 Å². The summed E-state index contributed by atoms with van der Waals surface area (Å²) in [6.45, 7) is 1.40. The summed E-state index contributed by atoms with van der Waals surface area (Å²) in [6, 6.07) is 3.82. The lowest BCUT2D eigenvalue weighted by molar-refractivity contribution is -0.139. The van der Waals surface area contributed by atoms with Gasteiger partial charge in [0.15, 0.2) is 0 Å². The normalized spacial score (nSPS) is 23.3. The van der Waals surface area contributed by atoms with Crippen LogP contribution in [0.2, 0.25) is 4.34 Å². The topological polar surface area (TPSA) is 57.6 Å². The van der Waals surface area contributed by atoms with E-state index in [0.717, 1.165) is 34.9 Å². The molecular formula is C15H18ClNO3S. The van der Waals surface area contributed by atoms with Crippen molar-refractivity contribution >= 4 is 34.8 Å². The number of carbonyl (C=O) groups is 2. The molecule has 1 saturated heterocycles. The zero-order chi connectivity index (χ0) is 15.0. The highest BCUT2D eigenvalue weighted by Gasteiger charge is 2.59. The van der Waals surface area contributed by atoms with Gasteiger partial charge in [0, 0.05) is 24.4 Å². The van der Waals surface area contributed by atoms with Gasteiger partial charge in [0.25, 0.3) is 0 Å². The number of hydrogen-bond acceptors (Lipinski definition) is 3. The summed E-state index contributed by atoms with van der Waals surface area (Å²) in [5.41, 5.74) is -0.0100. The third kappa shape index (κ3) is 3.09. The van der Waals surface area contributed by atoms with Crippen LogP contribution < -0.4 is 0 Å². The van der Waals surface area contributed by atoms with Crippen molar-refractivity contribution in [3.8, 4) is 0 Å². The first-order chi connectivity index (χ1) is 10.00. The highest BCUT2D eigenvalue weighted by atomic mass is 35.5. The summed E-state index contributed by atoms with van der Waals surface area (Å²) in [6.07, 6.45) is 3.70. The minimum atomic E-state index is -0.677. The number of thiophene rings is 1. The molecule has 0 bridgehead atoms. The molecule has 1 N–H and O–H groups in total. The largest absolute Gasteiger partial charge is 0.481 e. The average molecular weight is 328 g/mol. The van der Waals surface area contributed by atoms with E-state index < -0.39 is 5.97 Å². The van der Waals surface area contributed by atoms with Gasteiger partial charge >= 0.3 is 5.97 Å². The predicted molar refractivity (Wildman–Crippen MR) is 81.6 cm³/mol. The van der Waals surface area contributed by atoms with Gasteiger partial charge < -0.3 is 10.0 Å². The number of halogens is 1. The third-order valence-corrected chi connectivity index (χ3v) is 6.10. The lowest BCUT2D eigenvalue weighted by atomic mass is 9.90. The molecule has 1 amide bonds. The van der Waals surface area contributed by atoms with Gasteiger partial charge in [0.05, 0.1) is 10.3 Å². The quantitative estimate of drug-likeness (QED) is 0.924. The molecule has 114 valence electrons. The van der Waals surface area contributed by atoms with Gasteiger partial charge in [-0.3, -0.25) is 9.59 Å². The number of amides is 1. The van der Waals surface area contributed by atoms with Gasteiger partial charge in [-0.15, -0.1) is 11.3 Å². The summed E-state index contributed by atoms with van der Waals surface area (Å²) >= 11 is 7.40. The highest BCUT2D eigenvalue weighted by Crippen LogP contribution is 2.59. The predicted octanol–water partition coefficient (Wildman–Crippen LogP) is 3.05. The Morgan fingerprint density at radius 1 is 1.38 bits per heavy atom. The molecule has 1 unspecified atom stereocenters. The Hall–Kier alpha value is -1.07. The van der Waals surface area contributed by atoms with Crippen LogP contribution >= 0.6 is 22.9 Å². The number of carbonyl (C=O) groups excluding carboxylic acids is 1. The number of nitrogens with zero attached hydrogens (tertiary/aromatic N) is 1. The summed E-state index contributed by atoms with van der Waals surface area (Å²) in [5, 5.41) is 9.07. The van der Waals surface area contributed by atoms with Crippen molar-refractivity contribution in [2.24, 2.45) is 11.3 Å². The molecule has 1 spiro atoms. The van der Waals surface area contributed by atoms with Crippen molar-refractivity contribution in [2.75, 3.05) is 13.1 Å². The van der Waals surface area contributed by atoms with Gasteiger partial charge in [-0.05, 0) is 43.2 Å². The number of carboxylic acids is 1. The Morgan fingerprint density at radius 2 is 2.10 bits per heavy atom. The number of rotatable bonds is 4. The molecule has 1 saturated carbocycles. The monoisotopic (exact) mass is 327 g/mol. The van der Waals surface area contributed by atoms with Crippen LogP contribution in [-0.4, -0.2) is 35.0 Å².